The highest BCUT2D eigenvalue weighted by Crippen LogP contribution is 2.14. The third kappa shape index (κ3) is 3.13. The molecular formula is C14H16N2O3. The van der Waals surface area contributed by atoms with Crippen LogP contribution in [0.15, 0.2) is 36.0 Å². The van der Waals surface area contributed by atoms with Gasteiger partial charge in [-0.15, -0.1) is 0 Å². The van der Waals surface area contributed by atoms with Crippen molar-refractivity contribution in [1.29, 1.82) is 0 Å². The maximum absolute atomic E-state index is 12.1. The van der Waals surface area contributed by atoms with Gasteiger partial charge in [0, 0.05) is 24.2 Å². The monoisotopic (exact) mass is 260 g/mol. The summed E-state index contributed by atoms with van der Waals surface area (Å²) >= 11 is 0. The molecule has 0 bridgehead atoms. The quantitative estimate of drug-likeness (QED) is 0.625. The largest absolute Gasteiger partial charge is 0.497 e. The number of hydrogen-bond donors (Lipinski definition) is 2. The van der Waals surface area contributed by atoms with Gasteiger partial charge in [0.2, 0.25) is 0 Å². The molecule has 0 saturated carbocycles. The number of amides is 1. The fourth-order valence-electron chi connectivity index (χ4n) is 1.80. The van der Waals surface area contributed by atoms with Crippen molar-refractivity contribution in [3.63, 3.8) is 0 Å². The Morgan fingerprint density at radius 3 is 2.95 bits per heavy atom. The van der Waals surface area contributed by atoms with E-state index >= 15 is 0 Å². The van der Waals surface area contributed by atoms with Crippen molar-refractivity contribution in [3.8, 4) is 5.75 Å². The molecular weight excluding hydrogens is 244 g/mol. The summed E-state index contributed by atoms with van der Waals surface area (Å²) in [5, 5.41) is 5.71. The van der Waals surface area contributed by atoms with E-state index in [1.54, 1.807) is 31.4 Å². The summed E-state index contributed by atoms with van der Waals surface area (Å²) in [4.78, 5) is 23.7. The van der Waals surface area contributed by atoms with Gasteiger partial charge in [-0.25, -0.2) is 0 Å². The number of nitrogens with one attached hydrogen (secondary N) is 2. The van der Waals surface area contributed by atoms with Crippen molar-refractivity contribution < 1.29 is 14.3 Å². The highest BCUT2D eigenvalue weighted by atomic mass is 16.5. The Morgan fingerprint density at radius 1 is 1.47 bits per heavy atom. The lowest BCUT2D eigenvalue weighted by Gasteiger charge is -2.23. The van der Waals surface area contributed by atoms with E-state index in [0.717, 1.165) is 0 Å². The first-order valence-electron chi connectivity index (χ1n) is 6.05. The molecule has 0 aliphatic carbocycles. The van der Waals surface area contributed by atoms with E-state index in [9.17, 15) is 9.59 Å². The minimum absolute atomic E-state index is 0.0663. The number of rotatable bonds is 3. The number of ether oxygens (including phenoxy) is 1. The molecule has 1 unspecified atom stereocenters. The third-order valence-corrected chi connectivity index (χ3v) is 2.85. The molecule has 0 radical (unpaired) electrons. The molecule has 19 heavy (non-hydrogen) atoms. The highest BCUT2D eigenvalue weighted by Gasteiger charge is 2.20. The lowest BCUT2D eigenvalue weighted by Crippen LogP contribution is -2.49. The van der Waals surface area contributed by atoms with Gasteiger partial charge in [0.15, 0.2) is 5.78 Å². The number of ketones is 1. The van der Waals surface area contributed by atoms with Crippen LogP contribution in [0.5, 0.6) is 5.75 Å². The number of carbonyl (C=O) groups excluding carboxylic acids is 2. The summed E-state index contributed by atoms with van der Waals surface area (Å²) in [6.07, 6.45) is 1.32. The van der Waals surface area contributed by atoms with Crippen LogP contribution in [0.3, 0.4) is 0 Å². The van der Waals surface area contributed by atoms with Crippen LogP contribution in [-0.4, -0.2) is 31.4 Å². The van der Waals surface area contributed by atoms with Gasteiger partial charge in [-0.3, -0.25) is 9.59 Å². The lowest BCUT2D eigenvalue weighted by atomic mass is 10.1. The maximum atomic E-state index is 12.1. The van der Waals surface area contributed by atoms with Crippen LogP contribution in [0.4, 0.5) is 0 Å². The fraction of sp³-hybridized carbons (Fsp3) is 0.286. The minimum atomic E-state index is -0.255. The van der Waals surface area contributed by atoms with Gasteiger partial charge >= 0.3 is 0 Å². The van der Waals surface area contributed by atoms with E-state index < -0.39 is 0 Å². The second-order valence-electron chi connectivity index (χ2n) is 4.41. The number of piperazine rings is 1. The number of benzene rings is 1. The number of methoxy groups -OCH3 is 1. The average molecular weight is 260 g/mol. The molecule has 1 atom stereocenters. The second-order valence-corrected chi connectivity index (χ2v) is 4.41. The van der Waals surface area contributed by atoms with Crippen molar-refractivity contribution in [2.75, 3.05) is 13.7 Å². The molecule has 0 spiro atoms. The van der Waals surface area contributed by atoms with Crippen molar-refractivity contribution >= 4 is 11.7 Å². The Bertz CT molecular complexity index is 537. The number of carbonyl (C=O) groups is 2. The molecule has 1 heterocycles. The lowest BCUT2D eigenvalue weighted by molar-refractivity contribution is -0.119. The van der Waals surface area contributed by atoms with E-state index in [1.807, 2.05) is 6.92 Å². The second kappa shape index (κ2) is 5.56. The molecule has 1 saturated heterocycles. The van der Waals surface area contributed by atoms with Crippen LogP contribution in [0.1, 0.15) is 17.3 Å². The average Bonchev–Trinajstić information content (AvgIpc) is 2.42. The Kier molecular flexibility index (Phi) is 3.85. The standard InChI is InChI=1S/C14H16N2O3/c1-9-8-15-12(14(18)16-9)7-13(17)10-4-3-5-11(6-10)19-2/h3-7,9,15H,8H2,1-2H3,(H,16,18). The van der Waals surface area contributed by atoms with Crippen LogP contribution in [0.25, 0.3) is 0 Å². The van der Waals surface area contributed by atoms with Gasteiger partial charge < -0.3 is 15.4 Å². The van der Waals surface area contributed by atoms with Crippen molar-refractivity contribution in [2.45, 2.75) is 13.0 Å². The van der Waals surface area contributed by atoms with E-state index in [2.05, 4.69) is 10.6 Å². The van der Waals surface area contributed by atoms with Gasteiger partial charge in [-0.05, 0) is 19.1 Å². The Balaban J connectivity index is 2.18. The molecule has 100 valence electrons. The number of hydrogen-bond acceptors (Lipinski definition) is 4. The van der Waals surface area contributed by atoms with Gasteiger partial charge in [0.25, 0.3) is 5.91 Å². The molecule has 1 amide bonds. The predicted molar refractivity (Wildman–Crippen MR) is 71.0 cm³/mol. The number of allylic oxidation sites excluding steroid dienone is 1. The van der Waals surface area contributed by atoms with Gasteiger partial charge in [0.05, 0.1) is 7.11 Å². The first kappa shape index (κ1) is 13.1. The van der Waals surface area contributed by atoms with E-state index in [0.29, 0.717) is 23.6 Å². The van der Waals surface area contributed by atoms with Crippen LogP contribution in [-0.2, 0) is 4.79 Å². The normalized spacial score (nSPS) is 20.6. The Labute approximate surface area is 111 Å². The van der Waals surface area contributed by atoms with Crippen molar-refractivity contribution in [1.82, 2.24) is 10.6 Å². The smallest absolute Gasteiger partial charge is 0.267 e. The molecule has 1 aromatic rings. The SMILES string of the molecule is COc1cccc(C(=O)C=C2NCC(C)NC2=O)c1. The first-order valence-corrected chi connectivity index (χ1v) is 6.05. The molecule has 0 aromatic heterocycles. The van der Waals surface area contributed by atoms with Crippen LogP contribution in [0.2, 0.25) is 0 Å². The summed E-state index contributed by atoms with van der Waals surface area (Å²) in [5.41, 5.74) is 0.783. The molecule has 1 aromatic carbocycles. The van der Waals surface area contributed by atoms with E-state index in [4.69, 9.17) is 4.74 Å². The zero-order valence-corrected chi connectivity index (χ0v) is 10.9. The van der Waals surface area contributed by atoms with Gasteiger partial charge in [0.1, 0.15) is 11.4 Å². The molecule has 1 aliphatic rings. The maximum Gasteiger partial charge on any atom is 0.267 e. The van der Waals surface area contributed by atoms with E-state index in [-0.39, 0.29) is 17.7 Å². The zero-order chi connectivity index (χ0) is 13.8. The van der Waals surface area contributed by atoms with Gasteiger partial charge in [-0.1, -0.05) is 12.1 Å². The molecule has 1 fully saturated rings. The third-order valence-electron chi connectivity index (χ3n) is 2.85. The first-order chi connectivity index (χ1) is 9.10. The van der Waals surface area contributed by atoms with Gasteiger partial charge in [-0.2, -0.15) is 0 Å². The van der Waals surface area contributed by atoms with Crippen molar-refractivity contribution in [3.05, 3.63) is 41.6 Å². The summed E-state index contributed by atoms with van der Waals surface area (Å²) in [6, 6.07) is 6.89. The molecule has 5 heteroatoms. The predicted octanol–water partition coefficient (Wildman–Crippen LogP) is 0.870. The van der Waals surface area contributed by atoms with Crippen LogP contribution in [0, 0.1) is 0 Å². The van der Waals surface area contributed by atoms with Crippen LogP contribution >= 0.6 is 0 Å². The summed E-state index contributed by atoms with van der Waals surface area (Å²) in [6.45, 7) is 2.51. The Morgan fingerprint density at radius 2 is 2.26 bits per heavy atom. The fourth-order valence-corrected chi connectivity index (χ4v) is 1.80. The highest BCUT2D eigenvalue weighted by molar-refractivity contribution is 6.09. The van der Waals surface area contributed by atoms with Crippen molar-refractivity contribution in [2.24, 2.45) is 0 Å². The topological polar surface area (TPSA) is 67.4 Å². The molecule has 2 N–H and O–H groups in total. The molecule has 5 nitrogen and oxygen atoms in total. The molecule has 2 rings (SSSR count). The summed E-state index contributed by atoms with van der Waals surface area (Å²) < 4.78 is 5.06. The summed E-state index contributed by atoms with van der Waals surface area (Å²) in [5.74, 6) is 0.125. The van der Waals surface area contributed by atoms with E-state index in [1.165, 1.54) is 6.08 Å². The minimum Gasteiger partial charge on any atom is -0.497 e. The molecule has 1 aliphatic heterocycles. The summed E-state index contributed by atoms with van der Waals surface area (Å²) in [7, 11) is 1.54. The zero-order valence-electron chi connectivity index (χ0n) is 10.9. The van der Waals surface area contributed by atoms with Crippen LogP contribution < -0.4 is 15.4 Å². The Hall–Kier alpha value is -2.30.